The van der Waals surface area contributed by atoms with Crippen molar-refractivity contribution in [3.63, 3.8) is 0 Å². The van der Waals surface area contributed by atoms with Crippen LogP contribution in [0.3, 0.4) is 0 Å². The van der Waals surface area contributed by atoms with Crippen molar-refractivity contribution in [2.45, 2.75) is 6.92 Å². The highest BCUT2D eigenvalue weighted by molar-refractivity contribution is 6.30. The number of esters is 1. The normalized spacial score (nSPS) is 11.9. The van der Waals surface area contributed by atoms with Gasteiger partial charge in [-0.3, -0.25) is 24.5 Å². The minimum Gasteiger partial charge on any atom is -0.494 e. The van der Waals surface area contributed by atoms with Crippen molar-refractivity contribution in [2.75, 3.05) is 13.2 Å². The number of nitro groups is 1. The number of ketones is 3. The maximum Gasteiger partial charge on any atom is 0.345 e. The Kier molecular flexibility index (Phi) is 6.01. The van der Waals surface area contributed by atoms with Crippen LogP contribution in [0.4, 0.5) is 5.69 Å². The van der Waals surface area contributed by atoms with Crippen LogP contribution >= 0.6 is 0 Å². The van der Waals surface area contributed by atoms with E-state index in [0.717, 1.165) is 6.07 Å². The van der Waals surface area contributed by atoms with Crippen molar-refractivity contribution in [3.05, 3.63) is 104 Å². The Labute approximate surface area is 193 Å². The van der Waals surface area contributed by atoms with E-state index in [4.69, 9.17) is 9.47 Å². The lowest BCUT2D eigenvalue weighted by molar-refractivity contribution is -0.385. The van der Waals surface area contributed by atoms with Crippen LogP contribution in [0.15, 0.2) is 60.7 Å². The highest BCUT2D eigenvalue weighted by Gasteiger charge is 2.39. The third-order valence-electron chi connectivity index (χ3n) is 5.29. The quantitative estimate of drug-likeness (QED) is 0.177. The molecule has 0 fully saturated rings. The van der Waals surface area contributed by atoms with Crippen LogP contribution in [0.5, 0.6) is 5.75 Å². The Bertz CT molecular complexity index is 1360. The second kappa shape index (κ2) is 9.07. The van der Waals surface area contributed by atoms with E-state index in [-0.39, 0.29) is 22.3 Å². The van der Waals surface area contributed by atoms with E-state index in [2.05, 4.69) is 0 Å². The fraction of sp³-hybridized carbons (Fsp3) is 0.120. The molecule has 9 nitrogen and oxygen atoms in total. The van der Waals surface area contributed by atoms with Crippen LogP contribution in [-0.2, 0) is 4.74 Å². The van der Waals surface area contributed by atoms with E-state index in [9.17, 15) is 29.3 Å². The Morgan fingerprint density at radius 1 is 0.882 bits per heavy atom. The number of hydrogen-bond donors (Lipinski definition) is 0. The van der Waals surface area contributed by atoms with Gasteiger partial charge in [-0.05, 0) is 43.3 Å². The maximum absolute atomic E-state index is 13.0. The average Bonchev–Trinajstić information content (AvgIpc) is 2.85. The van der Waals surface area contributed by atoms with Crippen LogP contribution in [0.1, 0.15) is 59.5 Å². The van der Waals surface area contributed by atoms with Gasteiger partial charge in [-0.1, -0.05) is 24.3 Å². The number of carbonyl (C=O) groups is 4. The molecular formula is C25H17NO8. The molecule has 0 saturated carbocycles. The smallest absolute Gasteiger partial charge is 0.345 e. The van der Waals surface area contributed by atoms with Crippen molar-refractivity contribution in [1.29, 1.82) is 0 Å². The molecule has 4 rings (SSSR count). The van der Waals surface area contributed by atoms with Crippen LogP contribution in [0.25, 0.3) is 0 Å². The molecule has 0 heterocycles. The molecular weight excluding hydrogens is 442 g/mol. The van der Waals surface area contributed by atoms with Crippen molar-refractivity contribution in [3.8, 4) is 5.75 Å². The van der Waals surface area contributed by atoms with E-state index >= 15 is 0 Å². The summed E-state index contributed by atoms with van der Waals surface area (Å²) in [7, 11) is 0. The van der Waals surface area contributed by atoms with Crippen molar-refractivity contribution >= 4 is 29.0 Å². The zero-order valence-corrected chi connectivity index (χ0v) is 17.9. The average molecular weight is 459 g/mol. The molecule has 0 amide bonds. The second-order valence-corrected chi connectivity index (χ2v) is 7.30. The van der Waals surface area contributed by atoms with Gasteiger partial charge in [0.05, 0.1) is 11.5 Å². The van der Waals surface area contributed by atoms with E-state index in [1.807, 2.05) is 6.92 Å². The van der Waals surface area contributed by atoms with Gasteiger partial charge in [0.2, 0.25) is 5.78 Å². The summed E-state index contributed by atoms with van der Waals surface area (Å²) >= 11 is 0. The lowest BCUT2D eigenvalue weighted by Crippen LogP contribution is -2.24. The summed E-state index contributed by atoms with van der Waals surface area (Å²) in [4.78, 5) is 61.8. The number of benzene rings is 3. The fourth-order valence-electron chi connectivity index (χ4n) is 3.72. The lowest BCUT2D eigenvalue weighted by Gasteiger charge is -2.18. The monoisotopic (exact) mass is 459 g/mol. The minimum absolute atomic E-state index is 0.0132. The number of fused-ring (bicyclic) bond motifs is 2. The number of rotatable bonds is 7. The lowest BCUT2D eigenvalue weighted by atomic mass is 9.82. The molecule has 0 aromatic heterocycles. The number of ether oxygens (including phenoxy) is 2. The molecule has 0 spiro atoms. The molecule has 0 radical (unpaired) electrons. The number of Topliss-reactive ketones (excluding diaryl/α,β-unsaturated/α-hetero) is 1. The van der Waals surface area contributed by atoms with Gasteiger partial charge in [0.15, 0.2) is 18.2 Å². The molecule has 0 aliphatic heterocycles. The predicted molar refractivity (Wildman–Crippen MR) is 119 cm³/mol. The molecule has 0 N–H and O–H groups in total. The molecule has 170 valence electrons. The van der Waals surface area contributed by atoms with Crippen LogP contribution < -0.4 is 4.74 Å². The Morgan fingerprint density at radius 3 is 2.15 bits per heavy atom. The predicted octanol–water partition coefficient (Wildman–Crippen LogP) is 3.81. The summed E-state index contributed by atoms with van der Waals surface area (Å²) in [5, 5.41) is 11.9. The molecule has 0 atom stereocenters. The zero-order chi connectivity index (χ0) is 24.4. The Morgan fingerprint density at radius 2 is 1.53 bits per heavy atom. The van der Waals surface area contributed by atoms with Gasteiger partial charge >= 0.3 is 5.97 Å². The minimum atomic E-state index is -1.16. The van der Waals surface area contributed by atoms with E-state index in [0.29, 0.717) is 12.4 Å². The highest BCUT2D eigenvalue weighted by atomic mass is 16.6. The van der Waals surface area contributed by atoms with Gasteiger partial charge in [0, 0.05) is 22.3 Å². The van der Waals surface area contributed by atoms with Gasteiger partial charge in [-0.25, -0.2) is 4.79 Å². The van der Waals surface area contributed by atoms with E-state index in [1.54, 1.807) is 18.2 Å². The highest BCUT2D eigenvalue weighted by Crippen LogP contribution is 2.35. The van der Waals surface area contributed by atoms with Gasteiger partial charge in [0.1, 0.15) is 16.9 Å². The van der Waals surface area contributed by atoms with Crippen LogP contribution in [0.2, 0.25) is 0 Å². The summed E-state index contributed by atoms with van der Waals surface area (Å²) in [5.41, 5.74) is -1.59. The molecule has 0 bridgehead atoms. The Balaban J connectivity index is 1.61. The first-order valence-electron chi connectivity index (χ1n) is 10.3. The second-order valence-electron chi connectivity index (χ2n) is 7.30. The van der Waals surface area contributed by atoms with Crippen molar-refractivity contribution in [1.82, 2.24) is 0 Å². The zero-order valence-electron chi connectivity index (χ0n) is 17.9. The molecule has 0 unspecified atom stereocenters. The number of nitrogens with zero attached hydrogens (tertiary/aromatic N) is 1. The van der Waals surface area contributed by atoms with Crippen molar-refractivity contribution in [2.24, 2.45) is 0 Å². The summed E-state index contributed by atoms with van der Waals surface area (Å²) < 4.78 is 10.3. The van der Waals surface area contributed by atoms with Gasteiger partial charge in [-0.2, -0.15) is 0 Å². The molecule has 1 aliphatic carbocycles. The molecule has 0 saturated heterocycles. The van der Waals surface area contributed by atoms with Gasteiger partial charge in [-0.15, -0.1) is 0 Å². The van der Waals surface area contributed by atoms with Crippen molar-refractivity contribution < 1.29 is 33.6 Å². The van der Waals surface area contributed by atoms with Gasteiger partial charge in [0.25, 0.3) is 5.69 Å². The summed E-state index contributed by atoms with van der Waals surface area (Å²) in [5.74, 6) is -2.41. The molecule has 34 heavy (non-hydrogen) atoms. The fourth-order valence-corrected chi connectivity index (χ4v) is 3.72. The van der Waals surface area contributed by atoms with E-state index in [1.165, 1.54) is 36.4 Å². The molecule has 9 heteroatoms. The SMILES string of the molecule is CCOc1ccc(C(=O)COC(=O)c2ccc3c(c2[N+](=O)[O-])C(=O)c2ccccc2C3=O)cc1. The third kappa shape index (κ3) is 3.95. The van der Waals surface area contributed by atoms with E-state index < -0.39 is 51.7 Å². The standard InChI is InChI=1S/C25H17NO8/c1-2-33-15-9-7-14(8-10-15)20(27)13-34-25(30)19-12-11-18-21(22(19)26(31)32)24(29)17-6-4-3-5-16(17)23(18)28/h3-12H,2,13H2,1H3. The summed E-state index contributed by atoms with van der Waals surface area (Å²) in [6.07, 6.45) is 0. The third-order valence-corrected chi connectivity index (χ3v) is 5.29. The number of carbonyl (C=O) groups excluding carboxylic acids is 4. The molecule has 3 aromatic rings. The summed E-state index contributed by atoms with van der Waals surface area (Å²) in [6.45, 7) is 1.61. The van der Waals surface area contributed by atoms with Crippen LogP contribution in [-0.4, -0.2) is 41.5 Å². The topological polar surface area (TPSA) is 130 Å². The molecule has 3 aromatic carbocycles. The largest absolute Gasteiger partial charge is 0.494 e. The maximum atomic E-state index is 13.0. The van der Waals surface area contributed by atoms with Crippen LogP contribution in [0, 0.1) is 10.1 Å². The Hall–Kier alpha value is -4.66. The summed E-state index contributed by atoms with van der Waals surface area (Å²) in [6, 6.07) is 14.4. The van der Waals surface area contributed by atoms with Gasteiger partial charge < -0.3 is 9.47 Å². The number of hydrogen-bond acceptors (Lipinski definition) is 8. The first kappa shape index (κ1) is 22.5. The molecule has 1 aliphatic rings. The first-order chi connectivity index (χ1) is 16.3. The number of nitro benzene ring substituents is 1. The first-order valence-corrected chi connectivity index (χ1v) is 10.3.